The summed E-state index contributed by atoms with van der Waals surface area (Å²) in [5.41, 5.74) is 1.67. The second-order valence-electron chi connectivity index (χ2n) is 6.98. The van der Waals surface area contributed by atoms with Crippen molar-refractivity contribution in [1.82, 2.24) is 0 Å². The average molecular weight is 415 g/mol. The number of rotatable bonds is 4. The number of carbonyl (C=O) groups is 1. The number of carbonyl (C=O) groups excluding carboxylic acids is 1. The lowest BCUT2D eigenvalue weighted by Crippen LogP contribution is -2.24. The molecule has 1 aliphatic rings. The summed E-state index contributed by atoms with van der Waals surface area (Å²) >= 11 is 6.17. The Bertz CT molecular complexity index is 1120. The van der Waals surface area contributed by atoms with E-state index in [2.05, 4.69) is 0 Å². The topological polar surface area (TPSA) is 75.0 Å². The standard InChI is InChI=1S/C22H19ClO6/c1-12-8-15(9-13(2)20(12)23)28-19-11-27-18-10-14(5-6-16(18)21(19)24)29-22(25)17-4-3-7-26-17/h5-6,8-11,17H,3-4,7H2,1-2H3. The predicted octanol–water partition coefficient (Wildman–Crippen LogP) is 4.94. The Morgan fingerprint density at radius 3 is 2.59 bits per heavy atom. The monoisotopic (exact) mass is 414 g/mol. The normalized spacial score (nSPS) is 16.2. The van der Waals surface area contributed by atoms with Crippen molar-refractivity contribution in [3.8, 4) is 17.2 Å². The molecule has 0 N–H and O–H groups in total. The molecule has 6 nitrogen and oxygen atoms in total. The van der Waals surface area contributed by atoms with Crippen LogP contribution >= 0.6 is 11.6 Å². The zero-order valence-electron chi connectivity index (χ0n) is 16.0. The van der Waals surface area contributed by atoms with Gasteiger partial charge in [0.15, 0.2) is 6.10 Å². The minimum atomic E-state index is -0.542. The van der Waals surface area contributed by atoms with Crippen LogP contribution in [0, 0.1) is 13.8 Å². The van der Waals surface area contributed by atoms with Gasteiger partial charge in [0.2, 0.25) is 11.2 Å². The van der Waals surface area contributed by atoms with Gasteiger partial charge in [-0.1, -0.05) is 11.6 Å². The van der Waals surface area contributed by atoms with E-state index in [0.717, 1.165) is 17.5 Å². The fraction of sp³-hybridized carbons (Fsp3) is 0.273. The maximum Gasteiger partial charge on any atom is 0.340 e. The maximum atomic E-state index is 12.8. The average Bonchev–Trinajstić information content (AvgIpc) is 3.23. The molecule has 0 bridgehead atoms. The molecule has 4 rings (SSSR count). The zero-order valence-corrected chi connectivity index (χ0v) is 16.7. The third kappa shape index (κ3) is 3.99. The number of hydrogen-bond donors (Lipinski definition) is 0. The van der Waals surface area contributed by atoms with Crippen LogP contribution in [0.5, 0.6) is 17.2 Å². The van der Waals surface area contributed by atoms with Crippen molar-refractivity contribution in [2.45, 2.75) is 32.8 Å². The number of esters is 1. The first-order valence-corrected chi connectivity index (χ1v) is 9.63. The van der Waals surface area contributed by atoms with Crippen molar-refractivity contribution in [3.63, 3.8) is 0 Å². The van der Waals surface area contributed by atoms with E-state index in [4.69, 9.17) is 30.2 Å². The quantitative estimate of drug-likeness (QED) is 0.444. The van der Waals surface area contributed by atoms with Gasteiger partial charge in [-0.15, -0.1) is 0 Å². The third-order valence-corrected chi connectivity index (χ3v) is 5.36. The number of halogens is 1. The van der Waals surface area contributed by atoms with Crippen LogP contribution in [-0.4, -0.2) is 18.7 Å². The predicted molar refractivity (Wildman–Crippen MR) is 108 cm³/mol. The van der Waals surface area contributed by atoms with Crippen molar-refractivity contribution in [2.75, 3.05) is 6.61 Å². The largest absolute Gasteiger partial charge is 0.460 e. The summed E-state index contributed by atoms with van der Waals surface area (Å²) in [6, 6.07) is 8.11. The molecule has 0 saturated carbocycles. The van der Waals surface area contributed by atoms with Crippen LogP contribution in [0.3, 0.4) is 0 Å². The van der Waals surface area contributed by atoms with Gasteiger partial charge in [0.1, 0.15) is 23.3 Å². The molecule has 1 aromatic heterocycles. The molecule has 1 aliphatic heterocycles. The van der Waals surface area contributed by atoms with Crippen molar-refractivity contribution < 1.29 is 23.4 Å². The van der Waals surface area contributed by atoms with E-state index in [1.165, 1.54) is 12.3 Å². The van der Waals surface area contributed by atoms with E-state index in [0.29, 0.717) is 40.5 Å². The van der Waals surface area contributed by atoms with Gasteiger partial charge in [0, 0.05) is 17.7 Å². The van der Waals surface area contributed by atoms with Gasteiger partial charge in [-0.05, 0) is 62.1 Å². The van der Waals surface area contributed by atoms with Gasteiger partial charge in [0.25, 0.3) is 0 Å². The summed E-state index contributed by atoms with van der Waals surface area (Å²) in [5, 5.41) is 0.981. The van der Waals surface area contributed by atoms with Crippen LogP contribution in [0.1, 0.15) is 24.0 Å². The second kappa shape index (κ2) is 7.89. The number of hydrogen-bond acceptors (Lipinski definition) is 6. The first-order chi connectivity index (χ1) is 13.9. The molecule has 0 amide bonds. The van der Waals surface area contributed by atoms with E-state index in [9.17, 15) is 9.59 Å². The van der Waals surface area contributed by atoms with Crippen LogP contribution < -0.4 is 14.9 Å². The fourth-order valence-corrected chi connectivity index (χ4v) is 3.37. The molecule has 1 unspecified atom stereocenters. The Kier molecular flexibility index (Phi) is 5.30. The lowest BCUT2D eigenvalue weighted by atomic mass is 10.1. The Morgan fingerprint density at radius 1 is 1.14 bits per heavy atom. The van der Waals surface area contributed by atoms with Crippen LogP contribution in [0.25, 0.3) is 11.0 Å². The first-order valence-electron chi connectivity index (χ1n) is 9.26. The summed E-state index contributed by atoms with van der Waals surface area (Å²) in [6.07, 6.45) is 2.18. The van der Waals surface area contributed by atoms with E-state index >= 15 is 0 Å². The van der Waals surface area contributed by atoms with E-state index in [1.54, 1.807) is 24.3 Å². The molecule has 1 saturated heterocycles. The van der Waals surface area contributed by atoms with Crippen molar-refractivity contribution in [1.29, 1.82) is 0 Å². The van der Waals surface area contributed by atoms with Gasteiger partial charge >= 0.3 is 5.97 Å². The maximum absolute atomic E-state index is 12.8. The highest BCUT2D eigenvalue weighted by Crippen LogP contribution is 2.29. The minimum absolute atomic E-state index is 0.0581. The molecular weight excluding hydrogens is 396 g/mol. The number of fused-ring (bicyclic) bond motifs is 1. The Hall–Kier alpha value is -2.83. The Balaban J connectivity index is 1.59. The molecule has 150 valence electrons. The van der Waals surface area contributed by atoms with E-state index in [1.807, 2.05) is 13.8 Å². The van der Waals surface area contributed by atoms with E-state index < -0.39 is 12.1 Å². The molecule has 3 aromatic rings. The highest BCUT2D eigenvalue weighted by atomic mass is 35.5. The molecule has 29 heavy (non-hydrogen) atoms. The summed E-state index contributed by atoms with van der Waals surface area (Å²) in [4.78, 5) is 24.9. The van der Waals surface area contributed by atoms with Gasteiger partial charge < -0.3 is 18.6 Å². The molecule has 1 fully saturated rings. The van der Waals surface area contributed by atoms with Crippen LogP contribution in [-0.2, 0) is 9.53 Å². The molecule has 0 aliphatic carbocycles. The lowest BCUT2D eigenvalue weighted by Gasteiger charge is -2.11. The molecular formula is C22H19ClO6. The fourth-order valence-electron chi connectivity index (χ4n) is 3.26. The SMILES string of the molecule is Cc1cc(Oc2coc3cc(OC(=O)C4CCCO4)ccc3c2=O)cc(C)c1Cl. The molecule has 0 radical (unpaired) electrons. The summed E-state index contributed by atoms with van der Waals surface area (Å²) in [7, 11) is 0. The van der Waals surface area contributed by atoms with E-state index in [-0.39, 0.29) is 11.2 Å². The first kappa shape index (κ1) is 19.5. The third-order valence-electron chi connectivity index (χ3n) is 4.76. The van der Waals surface area contributed by atoms with Crippen LogP contribution in [0.2, 0.25) is 5.02 Å². The lowest BCUT2D eigenvalue weighted by molar-refractivity contribution is -0.144. The molecule has 2 heterocycles. The molecule has 0 spiro atoms. The van der Waals surface area contributed by atoms with Gasteiger partial charge in [0.05, 0.1) is 5.39 Å². The number of ether oxygens (including phenoxy) is 3. The zero-order chi connectivity index (χ0) is 20.5. The summed E-state index contributed by atoms with van der Waals surface area (Å²) in [5.74, 6) is 0.400. The molecule has 7 heteroatoms. The smallest absolute Gasteiger partial charge is 0.340 e. The van der Waals surface area contributed by atoms with Gasteiger partial charge in [-0.25, -0.2) is 4.79 Å². The minimum Gasteiger partial charge on any atom is -0.460 e. The van der Waals surface area contributed by atoms with Crippen molar-refractivity contribution >= 4 is 28.5 Å². The highest BCUT2D eigenvalue weighted by molar-refractivity contribution is 6.32. The number of aryl methyl sites for hydroxylation is 2. The second-order valence-corrected chi connectivity index (χ2v) is 7.36. The van der Waals surface area contributed by atoms with Crippen molar-refractivity contribution in [2.24, 2.45) is 0 Å². The summed E-state index contributed by atoms with van der Waals surface area (Å²) in [6.45, 7) is 4.29. The van der Waals surface area contributed by atoms with Gasteiger partial charge in [-0.3, -0.25) is 4.79 Å². The Labute approximate surface area is 171 Å². The highest BCUT2D eigenvalue weighted by Gasteiger charge is 2.25. The van der Waals surface area contributed by atoms with Gasteiger partial charge in [-0.2, -0.15) is 0 Å². The molecule has 2 aromatic carbocycles. The Morgan fingerprint density at radius 2 is 1.90 bits per heavy atom. The molecule has 1 atom stereocenters. The van der Waals surface area contributed by atoms with Crippen molar-refractivity contribution in [3.05, 3.63) is 63.0 Å². The van der Waals surface area contributed by atoms with Crippen LogP contribution in [0.4, 0.5) is 0 Å². The summed E-state index contributed by atoms with van der Waals surface area (Å²) < 4.78 is 21.9. The van der Waals surface area contributed by atoms with Crippen LogP contribution in [0.15, 0.2) is 45.8 Å². The number of benzene rings is 2.